The molecule has 0 spiro atoms. The maximum Gasteiger partial charge on any atom is 0.274 e. The van der Waals surface area contributed by atoms with E-state index in [4.69, 9.17) is 5.73 Å². The zero-order valence-corrected chi connectivity index (χ0v) is 14.2. The quantitative estimate of drug-likeness (QED) is 0.854. The minimum absolute atomic E-state index is 0.0122. The Hall–Kier alpha value is -2.87. The number of carbonyl (C=O) groups is 2. The SMILES string of the molecule is NC1CCCN(C(=O)c2nccnc2C(=O)NCc2ccc(F)cc2)C1. The lowest BCUT2D eigenvalue weighted by molar-refractivity contribution is 0.0696. The third kappa shape index (κ3) is 4.20. The maximum atomic E-state index is 12.9. The highest BCUT2D eigenvalue weighted by molar-refractivity contribution is 6.04. The number of nitrogens with two attached hydrogens (primary N) is 1. The summed E-state index contributed by atoms with van der Waals surface area (Å²) in [5.41, 5.74) is 6.64. The summed E-state index contributed by atoms with van der Waals surface area (Å²) in [6, 6.07) is 5.72. The molecule has 1 saturated heterocycles. The summed E-state index contributed by atoms with van der Waals surface area (Å²) in [6.45, 7) is 1.21. The van der Waals surface area contributed by atoms with E-state index in [1.54, 1.807) is 17.0 Å². The Labute approximate surface area is 150 Å². The minimum atomic E-state index is -0.507. The molecule has 1 aromatic heterocycles. The van der Waals surface area contributed by atoms with Crippen LogP contribution in [-0.4, -0.2) is 45.8 Å². The Kier molecular flexibility index (Phi) is 5.52. The number of nitrogens with one attached hydrogen (secondary N) is 1. The Morgan fingerprint density at radius 3 is 2.58 bits per heavy atom. The number of piperidine rings is 1. The molecule has 136 valence electrons. The van der Waals surface area contributed by atoms with Crippen LogP contribution >= 0.6 is 0 Å². The fourth-order valence-electron chi connectivity index (χ4n) is 2.87. The molecular weight excluding hydrogens is 337 g/mol. The van der Waals surface area contributed by atoms with Gasteiger partial charge in [-0.25, -0.2) is 14.4 Å². The average Bonchev–Trinajstić information content (AvgIpc) is 2.67. The summed E-state index contributed by atoms with van der Waals surface area (Å²) in [5, 5.41) is 2.68. The standard InChI is InChI=1S/C18H20FN5O2/c19-13-5-3-12(4-6-13)10-23-17(25)15-16(22-8-7-21-15)18(26)24-9-1-2-14(20)11-24/h3-8,14H,1-2,9-11,20H2,(H,23,25). The van der Waals surface area contributed by atoms with E-state index in [1.165, 1.54) is 24.5 Å². The Bertz CT molecular complexity index is 796. The highest BCUT2D eigenvalue weighted by Crippen LogP contribution is 2.13. The number of benzene rings is 1. The van der Waals surface area contributed by atoms with Gasteiger partial charge in [-0.2, -0.15) is 0 Å². The molecule has 0 radical (unpaired) electrons. The van der Waals surface area contributed by atoms with Gasteiger partial charge in [-0.15, -0.1) is 0 Å². The second-order valence-electron chi connectivity index (χ2n) is 6.22. The van der Waals surface area contributed by atoms with E-state index in [1.807, 2.05) is 0 Å². The van der Waals surface area contributed by atoms with Crippen molar-refractivity contribution in [1.29, 1.82) is 0 Å². The van der Waals surface area contributed by atoms with Crippen molar-refractivity contribution < 1.29 is 14.0 Å². The van der Waals surface area contributed by atoms with Gasteiger partial charge in [-0.3, -0.25) is 9.59 Å². The fourth-order valence-corrected chi connectivity index (χ4v) is 2.87. The van der Waals surface area contributed by atoms with Gasteiger partial charge in [0.2, 0.25) is 0 Å². The van der Waals surface area contributed by atoms with Gasteiger partial charge in [0.05, 0.1) is 0 Å². The first-order chi connectivity index (χ1) is 12.5. The van der Waals surface area contributed by atoms with Gasteiger partial charge in [0.15, 0.2) is 11.4 Å². The van der Waals surface area contributed by atoms with Gasteiger partial charge in [0.25, 0.3) is 11.8 Å². The molecule has 1 aromatic carbocycles. The Morgan fingerprint density at radius 2 is 1.88 bits per heavy atom. The average molecular weight is 357 g/mol. The number of hydrogen-bond acceptors (Lipinski definition) is 5. The molecule has 0 bridgehead atoms. The number of halogens is 1. The van der Waals surface area contributed by atoms with Gasteiger partial charge in [0, 0.05) is 38.1 Å². The molecule has 2 amide bonds. The van der Waals surface area contributed by atoms with Crippen LogP contribution in [0.3, 0.4) is 0 Å². The van der Waals surface area contributed by atoms with Crippen LogP contribution in [0.5, 0.6) is 0 Å². The van der Waals surface area contributed by atoms with Crippen LogP contribution in [0.4, 0.5) is 4.39 Å². The Morgan fingerprint density at radius 1 is 1.19 bits per heavy atom. The summed E-state index contributed by atoms with van der Waals surface area (Å²) in [6.07, 6.45) is 4.44. The van der Waals surface area contributed by atoms with Gasteiger partial charge in [-0.05, 0) is 30.5 Å². The van der Waals surface area contributed by atoms with Crippen molar-refractivity contribution in [1.82, 2.24) is 20.2 Å². The molecule has 7 nitrogen and oxygen atoms in total. The molecule has 2 aromatic rings. The zero-order valence-electron chi connectivity index (χ0n) is 14.2. The highest BCUT2D eigenvalue weighted by Gasteiger charge is 2.27. The number of hydrogen-bond donors (Lipinski definition) is 2. The van der Waals surface area contributed by atoms with E-state index in [0.717, 1.165) is 18.4 Å². The summed E-state index contributed by atoms with van der Waals surface area (Å²) in [5.74, 6) is -1.20. The molecule has 1 fully saturated rings. The number of rotatable bonds is 4. The molecular formula is C18H20FN5O2. The highest BCUT2D eigenvalue weighted by atomic mass is 19.1. The molecule has 1 aliphatic rings. The van der Waals surface area contributed by atoms with Crippen molar-refractivity contribution in [2.45, 2.75) is 25.4 Å². The van der Waals surface area contributed by atoms with Crippen LogP contribution in [0.1, 0.15) is 39.4 Å². The molecule has 1 unspecified atom stereocenters. The van der Waals surface area contributed by atoms with E-state index >= 15 is 0 Å². The molecule has 2 heterocycles. The van der Waals surface area contributed by atoms with Crippen LogP contribution in [0.15, 0.2) is 36.7 Å². The normalized spacial score (nSPS) is 17.0. The molecule has 3 rings (SSSR count). The maximum absolute atomic E-state index is 12.9. The number of aromatic nitrogens is 2. The lowest BCUT2D eigenvalue weighted by atomic mass is 10.1. The monoisotopic (exact) mass is 357 g/mol. The predicted molar refractivity (Wildman–Crippen MR) is 92.7 cm³/mol. The van der Waals surface area contributed by atoms with Crippen molar-refractivity contribution in [2.75, 3.05) is 13.1 Å². The summed E-state index contributed by atoms with van der Waals surface area (Å²) >= 11 is 0. The first-order valence-electron chi connectivity index (χ1n) is 8.43. The number of likely N-dealkylation sites (tertiary alicyclic amines) is 1. The first-order valence-corrected chi connectivity index (χ1v) is 8.43. The number of nitrogens with zero attached hydrogens (tertiary/aromatic N) is 3. The van der Waals surface area contributed by atoms with Crippen LogP contribution in [0.2, 0.25) is 0 Å². The van der Waals surface area contributed by atoms with E-state index in [9.17, 15) is 14.0 Å². The predicted octanol–water partition coefficient (Wildman–Crippen LogP) is 1.11. The lowest BCUT2D eigenvalue weighted by Gasteiger charge is -2.30. The molecule has 1 atom stereocenters. The zero-order chi connectivity index (χ0) is 18.5. The van der Waals surface area contributed by atoms with Gasteiger partial charge in [0.1, 0.15) is 5.82 Å². The largest absolute Gasteiger partial charge is 0.347 e. The second-order valence-corrected chi connectivity index (χ2v) is 6.22. The van der Waals surface area contributed by atoms with Crippen LogP contribution in [-0.2, 0) is 6.54 Å². The molecule has 26 heavy (non-hydrogen) atoms. The van der Waals surface area contributed by atoms with Gasteiger partial charge >= 0.3 is 0 Å². The van der Waals surface area contributed by atoms with Gasteiger partial charge < -0.3 is 16.0 Å². The summed E-state index contributed by atoms with van der Waals surface area (Å²) in [7, 11) is 0. The lowest BCUT2D eigenvalue weighted by Crippen LogP contribution is -2.46. The summed E-state index contributed by atoms with van der Waals surface area (Å²) < 4.78 is 12.9. The van der Waals surface area contributed by atoms with Crippen molar-refractivity contribution in [3.05, 3.63) is 59.4 Å². The summed E-state index contributed by atoms with van der Waals surface area (Å²) in [4.78, 5) is 34.9. The second kappa shape index (κ2) is 8.01. The third-order valence-electron chi connectivity index (χ3n) is 4.23. The van der Waals surface area contributed by atoms with Crippen molar-refractivity contribution in [2.24, 2.45) is 5.73 Å². The van der Waals surface area contributed by atoms with Crippen LogP contribution < -0.4 is 11.1 Å². The van der Waals surface area contributed by atoms with Crippen LogP contribution in [0, 0.1) is 5.82 Å². The number of carbonyl (C=O) groups excluding carboxylic acids is 2. The van der Waals surface area contributed by atoms with Crippen LogP contribution in [0.25, 0.3) is 0 Å². The van der Waals surface area contributed by atoms with E-state index in [2.05, 4.69) is 15.3 Å². The topological polar surface area (TPSA) is 101 Å². The first kappa shape index (κ1) is 17.9. The number of amides is 2. The van der Waals surface area contributed by atoms with Crippen molar-refractivity contribution >= 4 is 11.8 Å². The Balaban J connectivity index is 1.72. The third-order valence-corrected chi connectivity index (χ3v) is 4.23. The molecule has 0 saturated carbocycles. The molecule has 8 heteroatoms. The minimum Gasteiger partial charge on any atom is -0.347 e. The van der Waals surface area contributed by atoms with Crippen molar-refractivity contribution in [3.63, 3.8) is 0 Å². The van der Waals surface area contributed by atoms with Gasteiger partial charge in [-0.1, -0.05) is 12.1 Å². The van der Waals surface area contributed by atoms with E-state index in [-0.39, 0.29) is 35.7 Å². The fraction of sp³-hybridized carbons (Fsp3) is 0.333. The van der Waals surface area contributed by atoms with E-state index < -0.39 is 5.91 Å². The molecule has 1 aliphatic heterocycles. The molecule has 0 aliphatic carbocycles. The molecule has 3 N–H and O–H groups in total. The smallest absolute Gasteiger partial charge is 0.274 e. The van der Waals surface area contributed by atoms with Crippen molar-refractivity contribution in [3.8, 4) is 0 Å². The van der Waals surface area contributed by atoms with E-state index in [0.29, 0.717) is 13.1 Å².